The van der Waals surface area contributed by atoms with E-state index in [0.717, 1.165) is 15.8 Å². The number of rotatable bonds is 5. The van der Waals surface area contributed by atoms with Crippen LogP contribution >= 0.6 is 23.1 Å². The van der Waals surface area contributed by atoms with Gasteiger partial charge in [0.1, 0.15) is 10.6 Å². The zero-order chi connectivity index (χ0) is 16.4. The van der Waals surface area contributed by atoms with E-state index in [2.05, 4.69) is 36.1 Å². The summed E-state index contributed by atoms with van der Waals surface area (Å²) in [6.45, 7) is 10.7. The van der Waals surface area contributed by atoms with Crippen LogP contribution in [0.3, 0.4) is 0 Å². The van der Waals surface area contributed by atoms with Gasteiger partial charge < -0.3 is 11.1 Å². The maximum Gasteiger partial charge on any atom is 0.233 e. The number of thioether (sulfide) groups is 1. The summed E-state index contributed by atoms with van der Waals surface area (Å²) in [4.78, 5) is 23.0. The van der Waals surface area contributed by atoms with Gasteiger partial charge in [0.25, 0.3) is 0 Å². The number of thiophene rings is 1. The molecule has 2 aromatic heterocycles. The van der Waals surface area contributed by atoms with Crippen LogP contribution in [0.2, 0.25) is 0 Å². The number of hydrogen-bond donors (Lipinski definition) is 2. The molecule has 1 unspecified atom stereocenters. The van der Waals surface area contributed by atoms with E-state index in [1.165, 1.54) is 16.6 Å². The van der Waals surface area contributed by atoms with Gasteiger partial charge in [0.2, 0.25) is 5.91 Å². The maximum atomic E-state index is 12.0. The lowest BCUT2D eigenvalue weighted by molar-refractivity contribution is -0.120. The molecule has 0 aliphatic rings. The summed E-state index contributed by atoms with van der Waals surface area (Å²) in [5.41, 5.74) is 7.20. The van der Waals surface area contributed by atoms with Crippen molar-refractivity contribution in [1.82, 2.24) is 15.3 Å². The molecule has 2 heterocycles. The molecule has 0 aliphatic heterocycles. The quantitative estimate of drug-likeness (QED) is 0.646. The van der Waals surface area contributed by atoms with Crippen LogP contribution in [0.15, 0.2) is 5.16 Å². The molecule has 0 spiro atoms. The molecule has 22 heavy (non-hydrogen) atoms. The Hall–Kier alpha value is -1.34. The van der Waals surface area contributed by atoms with Gasteiger partial charge in [-0.2, -0.15) is 0 Å². The van der Waals surface area contributed by atoms with Crippen LogP contribution in [-0.2, 0) is 4.79 Å². The van der Waals surface area contributed by atoms with E-state index < -0.39 is 0 Å². The summed E-state index contributed by atoms with van der Waals surface area (Å²) in [7, 11) is 0. The Bertz CT molecular complexity index is 696. The molecule has 7 heteroatoms. The van der Waals surface area contributed by atoms with Gasteiger partial charge in [-0.15, -0.1) is 11.3 Å². The van der Waals surface area contributed by atoms with E-state index in [1.54, 1.807) is 11.3 Å². The topological polar surface area (TPSA) is 80.9 Å². The highest BCUT2D eigenvalue weighted by atomic mass is 32.2. The average molecular weight is 339 g/mol. The predicted molar refractivity (Wildman–Crippen MR) is 94.5 cm³/mol. The van der Waals surface area contributed by atoms with E-state index in [1.807, 2.05) is 13.8 Å². The van der Waals surface area contributed by atoms with Crippen molar-refractivity contribution < 1.29 is 4.79 Å². The summed E-state index contributed by atoms with van der Waals surface area (Å²) in [5.74, 6) is 0.921. The molecule has 0 aromatic carbocycles. The van der Waals surface area contributed by atoms with Crippen molar-refractivity contribution in [2.45, 2.75) is 45.0 Å². The third kappa shape index (κ3) is 3.70. The fourth-order valence-electron chi connectivity index (χ4n) is 1.97. The van der Waals surface area contributed by atoms with E-state index >= 15 is 0 Å². The number of hydrogen-bond acceptors (Lipinski definition) is 6. The van der Waals surface area contributed by atoms with Gasteiger partial charge in [0.05, 0.1) is 10.6 Å². The molecule has 1 atom stereocenters. The Kier molecular flexibility index (Phi) is 5.28. The number of nitrogens with zero attached hydrogens (tertiary/aromatic N) is 2. The fraction of sp³-hybridized carbons (Fsp3) is 0.533. The molecule has 0 aliphatic carbocycles. The molecule has 5 nitrogen and oxygen atoms in total. The normalized spacial score (nSPS) is 12.8. The van der Waals surface area contributed by atoms with Crippen molar-refractivity contribution in [2.24, 2.45) is 5.92 Å². The molecule has 0 saturated carbocycles. The second kappa shape index (κ2) is 6.83. The van der Waals surface area contributed by atoms with Gasteiger partial charge in [0, 0.05) is 11.4 Å². The monoisotopic (exact) mass is 338 g/mol. The Morgan fingerprint density at radius 1 is 1.32 bits per heavy atom. The van der Waals surface area contributed by atoms with E-state index in [4.69, 9.17) is 5.73 Å². The maximum absolute atomic E-state index is 12.0. The summed E-state index contributed by atoms with van der Waals surface area (Å²) >= 11 is 2.95. The number of nitrogens with two attached hydrogens (primary N) is 1. The van der Waals surface area contributed by atoms with Crippen LogP contribution in [0.5, 0.6) is 0 Å². The lowest BCUT2D eigenvalue weighted by Crippen LogP contribution is -2.33. The molecule has 0 saturated heterocycles. The minimum atomic E-state index is -0.252. The van der Waals surface area contributed by atoms with Crippen LogP contribution in [0.1, 0.15) is 31.2 Å². The number of aryl methyl sites for hydroxylation is 2. The van der Waals surface area contributed by atoms with Gasteiger partial charge in [0.15, 0.2) is 5.16 Å². The average Bonchev–Trinajstić information content (AvgIpc) is 2.71. The minimum Gasteiger partial charge on any atom is -0.383 e. The summed E-state index contributed by atoms with van der Waals surface area (Å²) in [6, 6.07) is 0. The third-order valence-corrected chi connectivity index (χ3v) is 5.43. The summed E-state index contributed by atoms with van der Waals surface area (Å²) < 4.78 is 0. The number of nitrogen functional groups attached to an aromatic ring is 1. The van der Waals surface area contributed by atoms with E-state index in [9.17, 15) is 4.79 Å². The van der Waals surface area contributed by atoms with Crippen LogP contribution in [0.4, 0.5) is 5.82 Å². The molecule has 3 N–H and O–H groups in total. The standard InChI is InChI=1S/C15H22N4OS2/c1-7(2)6-17-13(20)10(5)22-15-18-12(16)11-8(3)9(4)21-14(11)19-15/h7,10H,6H2,1-5H3,(H,17,20)(H2,16,18,19). The first-order chi connectivity index (χ1) is 10.3. The number of amides is 1. The number of anilines is 1. The molecule has 2 aromatic rings. The minimum absolute atomic E-state index is 0.000455. The summed E-state index contributed by atoms with van der Waals surface area (Å²) in [6.07, 6.45) is 0. The molecule has 0 radical (unpaired) electrons. The molecular weight excluding hydrogens is 316 g/mol. The molecule has 0 fully saturated rings. The molecule has 120 valence electrons. The Labute approximate surface area is 139 Å². The van der Waals surface area contributed by atoms with Crippen molar-refractivity contribution >= 4 is 45.0 Å². The van der Waals surface area contributed by atoms with Crippen LogP contribution in [-0.4, -0.2) is 27.7 Å². The van der Waals surface area contributed by atoms with Crippen molar-refractivity contribution in [3.8, 4) is 0 Å². The van der Waals surface area contributed by atoms with Crippen LogP contribution in [0, 0.1) is 19.8 Å². The zero-order valence-electron chi connectivity index (χ0n) is 13.6. The first-order valence-electron chi connectivity index (χ1n) is 7.27. The van der Waals surface area contributed by atoms with Crippen molar-refractivity contribution in [3.05, 3.63) is 10.4 Å². The van der Waals surface area contributed by atoms with Gasteiger partial charge >= 0.3 is 0 Å². The largest absolute Gasteiger partial charge is 0.383 e. The van der Waals surface area contributed by atoms with Gasteiger partial charge in [-0.25, -0.2) is 9.97 Å². The van der Waals surface area contributed by atoms with E-state index in [0.29, 0.717) is 23.4 Å². The molecule has 1 amide bonds. The molecule has 0 bridgehead atoms. The van der Waals surface area contributed by atoms with Crippen molar-refractivity contribution in [2.75, 3.05) is 12.3 Å². The highest BCUT2D eigenvalue weighted by Gasteiger charge is 2.18. The number of carbonyl (C=O) groups is 1. The Balaban J connectivity index is 2.16. The van der Waals surface area contributed by atoms with E-state index in [-0.39, 0.29) is 11.2 Å². The lowest BCUT2D eigenvalue weighted by atomic mass is 10.2. The predicted octanol–water partition coefficient (Wildman–Crippen LogP) is 3.14. The van der Waals surface area contributed by atoms with Crippen molar-refractivity contribution in [1.29, 1.82) is 0 Å². The lowest BCUT2D eigenvalue weighted by Gasteiger charge is -2.12. The highest BCUT2D eigenvalue weighted by Crippen LogP contribution is 2.34. The number of fused-ring (bicyclic) bond motifs is 1. The number of aromatic nitrogens is 2. The fourth-order valence-corrected chi connectivity index (χ4v) is 3.87. The van der Waals surface area contributed by atoms with Gasteiger partial charge in [-0.1, -0.05) is 25.6 Å². The zero-order valence-corrected chi connectivity index (χ0v) is 15.2. The third-order valence-electron chi connectivity index (χ3n) is 3.37. The summed E-state index contributed by atoms with van der Waals surface area (Å²) in [5, 5.41) is 4.16. The first kappa shape index (κ1) is 17.0. The molecule has 2 rings (SSSR count). The van der Waals surface area contributed by atoms with Crippen LogP contribution < -0.4 is 11.1 Å². The van der Waals surface area contributed by atoms with Gasteiger partial charge in [-0.05, 0) is 32.3 Å². The van der Waals surface area contributed by atoms with Gasteiger partial charge in [-0.3, -0.25) is 4.79 Å². The Morgan fingerprint density at radius 3 is 2.64 bits per heavy atom. The molecular formula is C15H22N4OS2. The second-order valence-corrected chi connectivity index (χ2v) is 8.27. The second-order valence-electron chi connectivity index (χ2n) is 5.75. The van der Waals surface area contributed by atoms with Crippen LogP contribution in [0.25, 0.3) is 10.2 Å². The number of carbonyl (C=O) groups excluding carboxylic acids is 1. The highest BCUT2D eigenvalue weighted by molar-refractivity contribution is 8.00. The smallest absolute Gasteiger partial charge is 0.233 e. The van der Waals surface area contributed by atoms with Crippen molar-refractivity contribution in [3.63, 3.8) is 0 Å². The Morgan fingerprint density at radius 2 is 2.00 bits per heavy atom. The number of nitrogens with one attached hydrogen (secondary N) is 1. The first-order valence-corrected chi connectivity index (χ1v) is 8.96. The SMILES string of the molecule is Cc1sc2nc(SC(C)C(=O)NCC(C)C)nc(N)c2c1C.